The van der Waals surface area contributed by atoms with E-state index < -0.39 is 11.9 Å². The van der Waals surface area contributed by atoms with Gasteiger partial charge in [0.15, 0.2) is 5.11 Å². The zero-order chi connectivity index (χ0) is 24.8. The van der Waals surface area contributed by atoms with Gasteiger partial charge < -0.3 is 20.1 Å². The standard InChI is InChI=1S/C24H28N4O4S2/c1-6-31-22(29)19-16(5)20(23(30)32-7-2)34-21(19)26-24(33)25-18-10-8-9-17(12-18)13-28-15(4)11-14(3)27-28/h8-12H,6-7,13H2,1-5H3,(H2,25,26,33). The molecule has 0 aliphatic rings. The van der Waals surface area contributed by atoms with E-state index in [0.29, 0.717) is 22.0 Å². The third-order valence-corrected chi connectivity index (χ3v) is 6.33. The van der Waals surface area contributed by atoms with Gasteiger partial charge >= 0.3 is 11.9 Å². The number of aromatic nitrogens is 2. The van der Waals surface area contributed by atoms with E-state index >= 15 is 0 Å². The SMILES string of the molecule is CCOC(=O)c1sc(NC(=S)Nc2cccc(Cn3nc(C)cc3C)c2)c(C(=O)OCC)c1C. The average Bonchev–Trinajstić information content (AvgIpc) is 3.26. The second-order valence-corrected chi connectivity index (χ2v) is 8.99. The summed E-state index contributed by atoms with van der Waals surface area (Å²) in [5.41, 5.74) is 4.68. The molecule has 0 saturated heterocycles. The molecule has 34 heavy (non-hydrogen) atoms. The Kier molecular flexibility index (Phi) is 8.41. The van der Waals surface area contributed by atoms with Gasteiger partial charge in [0.2, 0.25) is 0 Å². The fourth-order valence-electron chi connectivity index (χ4n) is 3.46. The zero-order valence-corrected chi connectivity index (χ0v) is 21.5. The highest BCUT2D eigenvalue weighted by molar-refractivity contribution is 7.80. The molecule has 0 fully saturated rings. The summed E-state index contributed by atoms with van der Waals surface area (Å²) in [7, 11) is 0. The van der Waals surface area contributed by atoms with Crippen molar-refractivity contribution < 1.29 is 19.1 Å². The fraction of sp³-hybridized carbons (Fsp3) is 0.333. The predicted octanol–water partition coefficient (Wildman–Crippen LogP) is 5.08. The number of anilines is 2. The molecule has 180 valence electrons. The summed E-state index contributed by atoms with van der Waals surface area (Å²) in [5, 5.41) is 11.4. The van der Waals surface area contributed by atoms with Gasteiger partial charge in [-0.05, 0) is 76.2 Å². The predicted molar refractivity (Wildman–Crippen MR) is 138 cm³/mol. The van der Waals surface area contributed by atoms with Gasteiger partial charge in [-0.2, -0.15) is 5.10 Å². The topological polar surface area (TPSA) is 94.5 Å². The van der Waals surface area contributed by atoms with Crippen LogP contribution in [0.25, 0.3) is 0 Å². The van der Waals surface area contributed by atoms with Crippen molar-refractivity contribution in [1.29, 1.82) is 0 Å². The van der Waals surface area contributed by atoms with Crippen LogP contribution in [0.1, 0.15) is 56.4 Å². The van der Waals surface area contributed by atoms with Gasteiger partial charge in [-0.25, -0.2) is 9.59 Å². The molecule has 8 nitrogen and oxygen atoms in total. The normalized spacial score (nSPS) is 10.6. The molecule has 2 heterocycles. The molecular formula is C24H28N4O4S2. The monoisotopic (exact) mass is 500 g/mol. The van der Waals surface area contributed by atoms with Crippen LogP contribution >= 0.6 is 23.6 Å². The Morgan fingerprint density at radius 2 is 1.76 bits per heavy atom. The molecule has 0 saturated carbocycles. The summed E-state index contributed by atoms with van der Waals surface area (Å²) in [6.07, 6.45) is 0. The van der Waals surface area contributed by atoms with Gasteiger partial charge in [-0.1, -0.05) is 12.1 Å². The molecule has 3 aromatic rings. The molecule has 2 aromatic heterocycles. The van der Waals surface area contributed by atoms with Crippen LogP contribution in [0.5, 0.6) is 0 Å². The molecule has 0 radical (unpaired) electrons. The third-order valence-electron chi connectivity index (χ3n) is 4.93. The summed E-state index contributed by atoms with van der Waals surface area (Å²) in [4.78, 5) is 25.3. The number of ether oxygens (including phenoxy) is 2. The highest BCUT2D eigenvalue weighted by atomic mass is 32.1. The summed E-state index contributed by atoms with van der Waals surface area (Å²) in [5.74, 6) is -1.01. The first-order valence-corrected chi connectivity index (χ1v) is 12.1. The average molecular weight is 501 g/mol. The number of rotatable bonds is 8. The Morgan fingerprint density at radius 3 is 2.41 bits per heavy atom. The van der Waals surface area contributed by atoms with Gasteiger partial charge in [0, 0.05) is 11.4 Å². The van der Waals surface area contributed by atoms with E-state index in [4.69, 9.17) is 21.7 Å². The lowest BCUT2D eigenvalue weighted by atomic mass is 10.1. The molecule has 3 rings (SSSR count). The van der Waals surface area contributed by atoms with Crippen molar-refractivity contribution in [3.63, 3.8) is 0 Å². The van der Waals surface area contributed by atoms with E-state index in [2.05, 4.69) is 15.7 Å². The number of hydrogen-bond acceptors (Lipinski definition) is 7. The number of benzene rings is 1. The molecule has 10 heteroatoms. The molecular weight excluding hydrogens is 472 g/mol. The smallest absolute Gasteiger partial charge is 0.348 e. The van der Waals surface area contributed by atoms with Crippen molar-refractivity contribution in [2.75, 3.05) is 23.8 Å². The van der Waals surface area contributed by atoms with E-state index in [1.807, 2.05) is 48.9 Å². The Labute approximate surface area is 208 Å². The quantitative estimate of drug-likeness (QED) is 0.327. The van der Waals surface area contributed by atoms with Crippen LogP contribution in [0.4, 0.5) is 10.7 Å². The van der Waals surface area contributed by atoms with Crippen LogP contribution in [0.3, 0.4) is 0 Å². The molecule has 0 bridgehead atoms. The van der Waals surface area contributed by atoms with E-state index in [-0.39, 0.29) is 23.9 Å². The molecule has 1 aromatic carbocycles. The zero-order valence-electron chi connectivity index (χ0n) is 19.9. The Hall–Kier alpha value is -3.24. The first-order chi connectivity index (χ1) is 16.2. The minimum absolute atomic E-state index is 0.215. The number of thiophene rings is 1. The highest BCUT2D eigenvalue weighted by Gasteiger charge is 2.26. The van der Waals surface area contributed by atoms with Gasteiger partial charge in [0.05, 0.1) is 31.0 Å². The minimum atomic E-state index is -0.524. The molecule has 0 aliphatic heterocycles. The number of aryl methyl sites for hydroxylation is 2. The number of nitrogens with zero attached hydrogens (tertiary/aromatic N) is 2. The van der Waals surface area contributed by atoms with Crippen molar-refractivity contribution in [2.45, 2.75) is 41.2 Å². The summed E-state index contributed by atoms with van der Waals surface area (Å²) in [6, 6.07) is 9.88. The lowest BCUT2D eigenvalue weighted by Gasteiger charge is -2.12. The van der Waals surface area contributed by atoms with Crippen molar-refractivity contribution >= 4 is 51.3 Å². The van der Waals surface area contributed by atoms with E-state index in [1.165, 1.54) is 0 Å². The van der Waals surface area contributed by atoms with Crippen molar-refractivity contribution in [1.82, 2.24) is 9.78 Å². The fourth-order valence-corrected chi connectivity index (χ4v) is 4.84. The number of carbonyl (C=O) groups is 2. The third kappa shape index (κ3) is 6.00. The van der Waals surface area contributed by atoms with Gasteiger partial charge in [-0.3, -0.25) is 4.68 Å². The first-order valence-electron chi connectivity index (χ1n) is 10.9. The maximum Gasteiger partial charge on any atom is 0.348 e. The Balaban J connectivity index is 1.79. The number of hydrogen-bond donors (Lipinski definition) is 2. The molecule has 0 atom stereocenters. The van der Waals surface area contributed by atoms with Crippen LogP contribution in [0.15, 0.2) is 30.3 Å². The maximum atomic E-state index is 12.6. The molecule has 0 aliphatic carbocycles. The van der Waals surface area contributed by atoms with Crippen molar-refractivity contribution in [2.24, 2.45) is 0 Å². The second kappa shape index (κ2) is 11.3. The largest absolute Gasteiger partial charge is 0.462 e. The number of thiocarbonyl (C=S) groups is 1. The lowest BCUT2D eigenvalue weighted by molar-refractivity contribution is 0.0527. The minimum Gasteiger partial charge on any atom is -0.462 e. The summed E-state index contributed by atoms with van der Waals surface area (Å²) in [6.45, 7) is 10.2. The number of nitrogens with one attached hydrogen (secondary N) is 2. The van der Waals surface area contributed by atoms with Crippen LogP contribution < -0.4 is 10.6 Å². The lowest BCUT2D eigenvalue weighted by Crippen LogP contribution is -2.20. The van der Waals surface area contributed by atoms with Crippen LogP contribution in [0.2, 0.25) is 0 Å². The van der Waals surface area contributed by atoms with E-state index in [0.717, 1.165) is 34.0 Å². The summed E-state index contributed by atoms with van der Waals surface area (Å²) >= 11 is 6.60. The van der Waals surface area contributed by atoms with E-state index in [9.17, 15) is 9.59 Å². The first kappa shape index (κ1) is 25.4. The van der Waals surface area contributed by atoms with Gasteiger partial charge in [-0.15, -0.1) is 11.3 Å². The van der Waals surface area contributed by atoms with Crippen LogP contribution in [-0.4, -0.2) is 40.0 Å². The molecule has 0 spiro atoms. The van der Waals surface area contributed by atoms with Crippen molar-refractivity contribution in [3.05, 3.63) is 63.3 Å². The summed E-state index contributed by atoms with van der Waals surface area (Å²) < 4.78 is 12.3. The Morgan fingerprint density at radius 1 is 1.06 bits per heavy atom. The molecule has 2 N–H and O–H groups in total. The van der Waals surface area contributed by atoms with E-state index in [1.54, 1.807) is 20.8 Å². The maximum absolute atomic E-state index is 12.6. The van der Waals surface area contributed by atoms with Crippen molar-refractivity contribution in [3.8, 4) is 0 Å². The van der Waals surface area contributed by atoms with Crippen LogP contribution in [0, 0.1) is 20.8 Å². The highest BCUT2D eigenvalue weighted by Crippen LogP contribution is 2.34. The number of carbonyl (C=O) groups excluding carboxylic acids is 2. The van der Waals surface area contributed by atoms with Crippen LogP contribution in [-0.2, 0) is 16.0 Å². The number of esters is 2. The Bertz CT molecular complexity index is 1220. The molecule has 0 unspecified atom stereocenters. The van der Waals surface area contributed by atoms with Gasteiger partial charge in [0.1, 0.15) is 9.88 Å². The second-order valence-electron chi connectivity index (χ2n) is 7.57. The van der Waals surface area contributed by atoms with Gasteiger partial charge in [0.25, 0.3) is 0 Å². The molecule has 0 amide bonds.